The van der Waals surface area contributed by atoms with E-state index in [0.29, 0.717) is 23.1 Å². The number of likely N-dealkylation sites (N-methyl/N-ethyl adjacent to an activating group) is 1. The molecule has 108 valence electrons. The van der Waals surface area contributed by atoms with Crippen molar-refractivity contribution in [2.75, 3.05) is 25.5 Å². The van der Waals surface area contributed by atoms with Gasteiger partial charge < -0.3 is 5.32 Å². The highest BCUT2D eigenvalue weighted by Crippen LogP contribution is 2.19. The predicted octanol–water partition coefficient (Wildman–Crippen LogP) is 1.58. The fourth-order valence-electron chi connectivity index (χ4n) is 1.58. The molecule has 0 radical (unpaired) electrons. The smallest absolute Gasteiger partial charge is 0.252 e. The fourth-order valence-corrected chi connectivity index (χ4v) is 3.95. The molecule has 0 aliphatic carbocycles. The summed E-state index contributed by atoms with van der Waals surface area (Å²) in [7, 11) is -1.81. The van der Waals surface area contributed by atoms with E-state index in [2.05, 4.69) is 15.3 Å². The second-order valence-corrected chi connectivity index (χ2v) is 7.45. The van der Waals surface area contributed by atoms with Crippen LogP contribution in [0.1, 0.15) is 5.69 Å². The van der Waals surface area contributed by atoms with E-state index < -0.39 is 10.0 Å². The van der Waals surface area contributed by atoms with E-state index in [-0.39, 0.29) is 0 Å². The standard InChI is InChI=1S/C12H16N4O2S2/c1-10-8-11(15-9-14-10)13-5-6-16(2)20(17,18)12-4-3-7-19-12/h3-4,7-9H,5-6H2,1-2H3,(H,13,14,15). The van der Waals surface area contributed by atoms with Crippen LogP contribution in [0.3, 0.4) is 0 Å². The van der Waals surface area contributed by atoms with Crippen LogP contribution < -0.4 is 5.32 Å². The van der Waals surface area contributed by atoms with Crippen LogP contribution in [0.4, 0.5) is 5.82 Å². The average molecular weight is 312 g/mol. The van der Waals surface area contributed by atoms with Gasteiger partial charge in [-0.3, -0.25) is 0 Å². The largest absolute Gasteiger partial charge is 0.369 e. The lowest BCUT2D eigenvalue weighted by atomic mass is 10.4. The molecule has 0 atom stereocenters. The molecule has 0 saturated heterocycles. The van der Waals surface area contributed by atoms with Gasteiger partial charge in [-0.25, -0.2) is 18.4 Å². The number of thiophene rings is 1. The summed E-state index contributed by atoms with van der Waals surface area (Å²) in [6.07, 6.45) is 1.48. The SMILES string of the molecule is Cc1cc(NCCN(C)S(=O)(=O)c2cccs2)ncn1. The first kappa shape index (κ1) is 14.9. The van der Waals surface area contributed by atoms with Gasteiger partial charge >= 0.3 is 0 Å². The highest BCUT2D eigenvalue weighted by Gasteiger charge is 2.20. The summed E-state index contributed by atoms with van der Waals surface area (Å²) in [4.78, 5) is 8.06. The van der Waals surface area contributed by atoms with Crippen LogP contribution in [0, 0.1) is 6.92 Å². The van der Waals surface area contributed by atoms with Crippen LogP contribution in [0.2, 0.25) is 0 Å². The number of hydrogen-bond acceptors (Lipinski definition) is 6. The second-order valence-electron chi connectivity index (χ2n) is 4.23. The van der Waals surface area contributed by atoms with Gasteiger partial charge in [0.15, 0.2) is 0 Å². The number of sulfonamides is 1. The molecule has 0 fully saturated rings. The molecule has 8 heteroatoms. The van der Waals surface area contributed by atoms with Crippen molar-refractivity contribution >= 4 is 27.2 Å². The molecule has 0 aromatic carbocycles. The Hall–Kier alpha value is -1.51. The van der Waals surface area contributed by atoms with Crippen molar-refractivity contribution in [2.45, 2.75) is 11.1 Å². The third-order valence-corrected chi connectivity index (χ3v) is 5.93. The normalized spacial score (nSPS) is 11.8. The molecule has 1 N–H and O–H groups in total. The Morgan fingerprint density at radius 1 is 1.40 bits per heavy atom. The summed E-state index contributed by atoms with van der Waals surface area (Å²) in [6, 6.07) is 5.15. The van der Waals surface area contributed by atoms with Crippen molar-refractivity contribution in [3.8, 4) is 0 Å². The van der Waals surface area contributed by atoms with Gasteiger partial charge in [-0.15, -0.1) is 11.3 Å². The molecular formula is C12H16N4O2S2. The number of aromatic nitrogens is 2. The van der Waals surface area contributed by atoms with Crippen LogP contribution in [0.25, 0.3) is 0 Å². The van der Waals surface area contributed by atoms with Gasteiger partial charge in [-0.2, -0.15) is 4.31 Å². The maximum atomic E-state index is 12.2. The van der Waals surface area contributed by atoms with E-state index in [9.17, 15) is 8.42 Å². The number of anilines is 1. The Labute approximate surface area is 122 Å². The van der Waals surface area contributed by atoms with E-state index >= 15 is 0 Å². The van der Waals surface area contributed by atoms with E-state index in [1.54, 1.807) is 24.6 Å². The van der Waals surface area contributed by atoms with Crippen LogP contribution in [-0.2, 0) is 10.0 Å². The van der Waals surface area contributed by atoms with Crippen molar-refractivity contribution in [2.24, 2.45) is 0 Å². The highest BCUT2D eigenvalue weighted by atomic mass is 32.2. The Morgan fingerprint density at radius 3 is 2.85 bits per heavy atom. The lowest BCUT2D eigenvalue weighted by Crippen LogP contribution is -2.31. The second kappa shape index (κ2) is 6.29. The van der Waals surface area contributed by atoms with Gasteiger partial charge in [0, 0.05) is 31.9 Å². The fraction of sp³-hybridized carbons (Fsp3) is 0.333. The Kier molecular flexibility index (Phi) is 4.69. The third kappa shape index (κ3) is 3.53. The summed E-state index contributed by atoms with van der Waals surface area (Å²) >= 11 is 1.22. The maximum Gasteiger partial charge on any atom is 0.252 e. The summed E-state index contributed by atoms with van der Waals surface area (Å²) in [6.45, 7) is 2.72. The zero-order valence-electron chi connectivity index (χ0n) is 11.3. The monoisotopic (exact) mass is 312 g/mol. The summed E-state index contributed by atoms with van der Waals surface area (Å²) in [5.41, 5.74) is 0.863. The first-order valence-corrected chi connectivity index (χ1v) is 8.34. The Balaban J connectivity index is 1.91. The summed E-state index contributed by atoms with van der Waals surface area (Å²) in [5, 5.41) is 4.83. The van der Waals surface area contributed by atoms with E-state index in [1.807, 2.05) is 13.0 Å². The first-order valence-electron chi connectivity index (χ1n) is 6.02. The van der Waals surface area contributed by atoms with Gasteiger partial charge in [0.05, 0.1) is 0 Å². The minimum Gasteiger partial charge on any atom is -0.369 e. The van der Waals surface area contributed by atoms with Crippen LogP contribution in [-0.4, -0.2) is 42.8 Å². The lowest BCUT2D eigenvalue weighted by molar-refractivity contribution is 0.482. The lowest BCUT2D eigenvalue weighted by Gasteiger charge is -2.16. The molecule has 0 aliphatic rings. The van der Waals surface area contributed by atoms with Crippen molar-refractivity contribution in [1.82, 2.24) is 14.3 Å². The minimum atomic E-state index is -3.38. The van der Waals surface area contributed by atoms with Crippen molar-refractivity contribution in [3.05, 3.63) is 35.6 Å². The zero-order valence-corrected chi connectivity index (χ0v) is 12.9. The summed E-state index contributed by atoms with van der Waals surface area (Å²) < 4.78 is 26.0. The molecule has 6 nitrogen and oxygen atoms in total. The molecule has 0 spiro atoms. The Bertz CT molecular complexity index is 656. The van der Waals surface area contributed by atoms with Crippen LogP contribution in [0.15, 0.2) is 34.1 Å². The third-order valence-electron chi connectivity index (χ3n) is 2.70. The quantitative estimate of drug-likeness (QED) is 0.876. The molecule has 0 aliphatic heterocycles. The maximum absolute atomic E-state index is 12.2. The molecular weight excluding hydrogens is 296 g/mol. The molecule has 2 rings (SSSR count). The van der Waals surface area contributed by atoms with Crippen LogP contribution in [0.5, 0.6) is 0 Å². The topological polar surface area (TPSA) is 75.2 Å². The van der Waals surface area contributed by atoms with Gasteiger partial charge in [0.1, 0.15) is 16.4 Å². The number of rotatable bonds is 6. The summed E-state index contributed by atoms with van der Waals surface area (Å²) in [5.74, 6) is 0.694. The molecule has 0 unspecified atom stereocenters. The Morgan fingerprint density at radius 2 is 2.20 bits per heavy atom. The molecule has 0 bridgehead atoms. The van der Waals surface area contributed by atoms with Crippen molar-refractivity contribution in [3.63, 3.8) is 0 Å². The molecule has 0 saturated carbocycles. The predicted molar refractivity (Wildman–Crippen MR) is 79.4 cm³/mol. The van der Waals surface area contributed by atoms with Crippen LogP contribution >= 0.6 is 11.3 Å². The van der Waals surface area contributed by atoms with Gasteiger partial charge in [0.2, 0.25) is 0 Å². The highest BCUT2D eigenvalue weighted by molar-refractivity contribution is 7.91. The van der Waals surface area contributed by atoms with E-state index in [4.69, 9.17) is 0 Å². The molecule has 2 heterocycles. The number of aryl methyl sites for hydroxylation is 1. The van der Waals surface area contributed by atoms with Gasteiger partial charge in [0.25, 0.3) is 10.0 Å². The van der Waals surface area contributed by atoms with E-state index in [0.717, 1.165) is 5.69 Å². The molecule has 0 amide bonds. The number of nitrogens with one attached hydrogen (secondary N) is 1. The van der Waals surface area contributed by atoms with Gasteiger partial charge in [-0.05, 0) is 18.4 Å². The zero-order chi connectivity index (χ0) is 14.6. The minimum absolute atomic E-state index is 0.359. The van der Waals surface area contributed by atoms with Gasteiger partial charge in [-0.1, -0.05) is 6.07 Å². The molecule has 2 aromatic rings. The molecule has 20 heavy (non-hydrogen) atoms. The molecule has 2 aromatic heterocycles. The number of nitrogens with zero attached hydrogens (tertiary/aromatic N) is 3. The van der Waals surface area contributed by atoms with Crippen molar-refractivity contribution in [1.29, 1.82) is 0 Å². The van der Waals surface area contributed by atoms with Crippen molar-refractivity contribution < 1.29 is 8.42 Å². The number of hydrogen-bond donors (Lipinski definition) is 1. The first-order chi connectivity index (χ1) is 9.50. The average Bonchev–Trinajstić information content (AvgIpc) is 2.93. The van der Waals surface area contributed by atoms with E-state index in [1.165, 1.54) is 22.0 Å².